The highest BCUT2D eigenvalue weighted by Gasteiger charge is 2.10. The number of ether oxygens (including phenoxy) is 1. The number of esters is 1. The second kappa shape index (κ2) is 6.27. The zero-order valence-corrected chi connectivity index (χ0v) is 9.82. The molecular weight excluding hydrogens is 206 g/mol. The predicted molar refractivity (Wildman–Crippen MR) is 60.9 cm³/mol. The van der Waals surface area contributed by atoms with Gasteiger partial charge in [0.25, 0.3) is 0 Å². The van der Waals surface area contributed by atoms with Gasteiger partial charge in [0.05, 0.1) is 12.8 Å². The molecule has 1 rings (SSSR count). The van der Waals surface area contributed by atoms with Gasteiger partial charge in [-0.25, -0.2) is 0 Å². The van der Waals surface area contributed by atoms with E-state index in [1.807, 2.05) is 6.92 Å². The van der Waals surface area contributed by atoms with Gasteiger partial charge in [-0.05, 0) is 32.3 Å². The van der Waals surface area contributed by atoms with Crippen LogP contribution >= 0.6 is 0 Å². The fourth-order valence-corrected chi connectivity index (χ4v) is 1.50. The second-order valence-corrected chi connectivity index (χ2v) is 3.83. The summed E-state index contributed by atoms with van der Waals surface area (Å²) in [5.74, 6) is -0.179. The van der Waals surface area contributed by atoms with Crippen LogP contribution in [-0.2, 0) is 16.0 Å². The Balaban J connectivity index is 2.28. The molecule has 0 spiro atoms. The van der Waals surface area contributed by atoms with Crippen molar-refractivity contribution in [2.24, 2.45) is 5.73 Å². The predicted octanol–water partition coefficient (Wildman–Crippen LogP) is 0.931. The fraction of sp³-hybridized carbons (Fsp3) is 0.636. The van der Waals surface area contributed by atoms with Crippen LogP contribution in [0.25, 0.3) is 0 Å². The topological polar surface area (TPSA) is 81.0 Å². The van der Waals surface area contributed by atoms with Gasteiger partial charge in [-0.2, -0.15) is 5.10 Å². The van der Waals surface area contributed by atoms with E-state index in [1.54, 1.807) is 13.1 Å². The van der Waals surface area contributed by atoms with Gasteiger partial charge in [0.2, 0.25) is 0 Å². The molecule has 0 radical (unpaired) electrons. The molecule has 5 heteroatoms. The maximum Gasteiger partial charge on any atom is 0.305 e. The van der Waals surface area contributed by atoms with Crippen molar-refractivity contribution in [3.8, 4) is 0 Å². The molecule has 0 aliphatic carbocycles. The summed E-state index contributed by atoms with van der Waals surface area (Å²) in [5.41, 5.74) is 8.07. The monoisotopic (exact) mass is 225 g/mol. The first kappa shape index (κ1) is 12.7. The lowest BCUT2D eigenvalue weighted by atomic mass is 10.0. The molecular formula is C11H19N3O2. The highest BCUT2D eigenvalue weighted by molar-refractivity contribution is 5.69. The summed E-state index contributed by atoms with van der Waals surface area (Å²) in [6.45, 7) is 4.18. The van der Waals surface area contributed by atoms with Crippen LogP contribution in [0.3, 0.4) is 0 Å². The Morgan fingerprint density at radius 1 is 1.69 bits per heavy atom. The maximum atomic E-state index is 11.1. The van der Waals surface area contributed by atoms with Crippen molar-refractivity contribution in [1.82, 2.24) is 10.2 Å². The number of carbonyl (C=O) groups excluding carboxylic acids is 1. The van der Waals surface area contributed by atoms with Crippen LogP contribution in [0.4, 0.5) is 0 Å². The van der Waals surface area contributed by atoms with Gasteiger partial charge in [-0.3, -0.25) is 9.89 Å². The van der Waals surface area contributed by atoms with Crippen molar-refractivity contribution in [2.45, 2.75) is 39.2 Å². The van der Waals surface area contributed by atoms with Crippen LogP contribution < -0.4 is 5.73 Å². The van der Waals surface area contributed by atoms with Gasteiger partial charge in [0.1, 0.15) is 0 Å². The third kappa shape index (κ3) is 4.02. The smallest absolute Gasteiger partial charge is 0.305 e. The highest BCUT2D eigenvalue weighted by Crippen LogP contribution is 2.08. The third-order valence-electron chi connectivity index (χ3n) is 2.44. The van der Waals surface area contributed by atoms with Gasteiger partial charge in [-0.15, -0.1) is 0 Å². The zero-order valence-electron chi connectivity index (χ0n) is 9.82. The van der Waals surface area contributed by atoms with Gasteiger partial charge in [-0.1, -0.05) is 0 Å². The summed E-state index contributed by atoms with van der Waals surface area (Å²) >= 11 is 0. The molecule has 0 amide bonds. The Kier molecular flexibility index (Phi) is 4.98. The number of carbonyl (C=O) groups is 1. The molecule has 0 fully saturated rings. The molecule has 1 aromatic heterocycles. The van der Waals surface area contributed by atoms with Crippen LogP contribution in [0.15, 0.2) is 6.20 Å². The molecule has 1 atom stereocenters. The molecule has 0 aliphatic rings. The first-order valence-corrected chi connectivity index (χ1v) is 5.53. The Hall–Kier alpha value is -1.36. The van der Waals surface area contributed by atoms with Gasteiger partial charge >= 0.3 is 5.97 Å². The van der Waals surface area contributed by atoms with E-state index in [0.29, 0.717) is 19.4 Å². The summed E-state index contributed by atoms with van der Waals surface area (Å²) in [6, 6.07) is -0.0271. The Morgan fingerprint density at radius 3 is 3.00 bits per heavy atom. The summed E-state index contributed by atoms with van der Waals surface area (Å²) in [7, 11) is 0. The number of nitrogens with zero attached hydrogens (tertiary/aromatic N) is 1. The fourth-order valence-electron chi connectivity index (χ4n) is 1.50. The normalized spacial score (nSPS) is 12.4. The standard InChI is InChI=1S/C11H19N3O2/c1-3-16-11(15)5-4-10(12)6-9-7-13-14-8(9)2/h7,10H,3-6,12H2,1-2H3,(H,13,14). The van der Waals surface area contributed by atoms with Crippen LogP contribution in [0.5, 0.6) is 0 Å². The molecule has 0 bridgehead atoms. The van der Waals surface area contributed by atoms with Crippen LogP contribution in [-0.4, -0.2) is 28.8 Å². The average molecular weight is 225 g/mol. The van der Waals surface area contributed by atoms with E-state index >= 15 is 0 Å². The minimum Gasteiger partial charge on any atom is -0.466 e. The average Bonchev–Trinajstić information content (AvgIpc) is 2.62. The van der Waals surface area contributed by atoms with E-state index in [-0.39, 0.29) is 12.0 Å². The number of rotatable bonds is 6. The molecule has 0 saturated carbocycles. The molecule has 1 aromatic rings. The quantitative estimate of drug-likeness (QED) is 0.706. The number of H-pyrrole nitrogens is 1. The van der Waals surface area contributed by atoms with Crippen molar-refractivity contribution in [1.29, 1.82) is 0 Å². The van der Waals surface area contributed by atoms with Gasteiger partial charge in [0, 0.05) is 18.2 Å². The molecule has 0 aromatic carbocycles. The van der Waals surface area contributed by atoms with E-state index in [4.69, 9.17) is 10.5 Å². The molecule has 0 saturated heterocycles. The number of aromatic amines is 1. The van der Waals surface area contributed by atoms with Crippen molar-refractivity contribution in [3.05, 3.63) is 17.5 Å². The van der Waals surface area contributed by atoms with E-state index in [1.165, 1.54) is 0 Å². The van der Waals surface area contributed by atoms with Gasteiger partial charge in [0.15, 0.2) is 0 Å². The Labute approximate surface area is 95.4 Å². The van der Waals surface area contributed by atoms with E-state index < -0.39 is 0 Å². The maximum absolute atomic E-state index is 11.1. The van der Waals surface area contributed by atoms with Crippen LogP contribution in [0.2, 0.25) is 0 Å². The summed E-state index contributed by atoms with van der Waals surface area (Å²) in [5, 5.41) is 6.79. The minimum absolute atomic E-state index is 0.0271. The summed E-state index contributed by atoms with van der Waals surface area (Å²) in [4.78, 5) is 11.1. The first-order chi connectivity index (χ1) is 7.63. The second-order valence-electron chi connectivity index (χ2n) is 3.83. The molecule has 16 heavy (non-hydrogen) atoms. The third-order valence-corrected chi connectivity index (χ3v) is 2.44. The molecule has 3 N–H and O–H groups in total. The van der Waals surface area contributed by atoms with Crippen LogP contribution in [0.1, 0.15) is 31.0 Å². The minimum atomic E-state index is -0.179. The number of aromatic nitrogens is 2. The van der Waals surface area contributed by atoms with Crippen LogP contribution in [0, 0.1) is 6.92 Å². The largest absolute Gasteiger partial charge is 0.466 e. The molecule has 90 valence electrons. The Morgan fingerprint density at radius 2 is 2.44 bits per heavy atom. The molecule has 1 unspecified atom stereocenters. The van der Waals surface area contributed by atoms with E-state index in [9.17, 15) is 4.79 Å². The number of nitrogens with two attached hydrogens (primary N) is 1. The Bertz CT molecular complexity index is 336. The van der Waals surface area contributed by atoms with Crippen molar-refractivity contribution >= 4 is 5.97 Å². The SMILES string of the molecule is CCOC(=O)CCC(N)Cc1cn[nH]c1C. The van der Waals surface area contributed by atoms with E-state index in [2.05, 4.69) is 10.2 Å². The molecule has 5 nitrogen and oxygen atoms in total. The summed E-state index contributed by atoms with van der Waals surface area (Å²) in [6.07, 6.45) is 3.54. The lowest BCUT2D eigenvalue weighted by Crippen LogP contribution is -2.24. The molecule has 1 heterocycles. The summed E-state index contributed by atoms with van der Waals surface area (Å²) < 4.78 is 4.84. The van der Waals surface area contributed by atoms with Crippen molar-refractivity contribution in [2.75, 3.05) is 6.61 Å². The number of hydrogen-bond acceptors (Lipinski definition) is 4. The van der Waals surface area contributed by atoms with E-state index in [0.717, 1.165) is 17.7 Å². The van der Waals surface area contributed by atoms with Gasteiger partial charge < -0.3 is 10.5 Å². The first-order valence-electron chi connectivity index (χ1n) is 5.53. The zero-order chi connectivity index (χ0) is 12.0. The number of hydrogen-bond donors (Lipinski definition) is 2. The highest BCUT2D eigenvalue weighted by atomic mass is 16.5. The number of nitrogens with one attached hydrogen (secondary N) is 1. The van der Waals surface area contributed by atoms with Crippen molar-refractivity contribution in [3.63, 3.8) is 0 Å². The van der Waals surface area contributed by atoms with Crippen molar-refractivity contribution < 1.29 is 9.53 Å². The number of aryl methyl sites for hydroxylation is 1. The molecule has 0 aliphatic heterocycles. The lowest BCUT2D eigenvalue weighted by molar-refractivity contribution is -0.143. The lowest BCUT2D eigenvalue weighted by Gasteiger charge is -2.10.